The van der Waals surface area contributed by atoms with Crippen LogP contribution in [-0.4, -0.2) is 46.8 Å². The fourth-order valence-corrected chi connectivity index (χ4v) is 2.23. The summed E-state index contributed by atoms with van der Waals surface area (Å²) in [5.41, 5.74) is 0. The number of carboxylic acid groups (broad SMARTS) is 2. The molecule has 0 saturated heterocycles. The van der Waals surface area contributed by atoms with Crippen LogP contribution in [0.4, 0.5) is 0 Å². The number of carbonyl (C=O) groups excluding carboxylic acids is 2. The Morgan fingerprint density at radius 3 is 2.10 bits per heavy atom. The van der Waals surface area contributed by atoms with E-state index in [1.807, 2.05) is 0 Å². The molecule has 0 aromatic carbocycles. The molecular formula is C13H18O8. The number of rotatable bonds is 7. The molecule has 0 aromatic heterocycles. The maximum Gasteiger partial charge on any atom is 0.317 e. The Morgan fingerprint density at radius 2 is 1.48 bits per heavy atom. The van der Waals surface area contributed by atoms with E-state index in [4.69, 9.17) is 19.7 Å². The molecule has 21 heavy (non-hydrogen) atoms. The molecule has 0 spiro atoms. The Bertz CT molecular complexity index is 416. The first-order chi connectivity index (χ1) is 9.88. The lowest BCUT2D eigenvalue weighted by Gasteiger charge is -2.30. The SMILES string of the molecule is O=C(O)CC(=O)OCC1CCCCC1OC(=O)CC(=O)O. The molecule has 1 saturated carbocycles. The molecule has 0 heterocycles. The van der Waals surface area contributed by atoms with Gasteiger partial charge in [-0.3, -0.25) is 19.2 Å². The predicted molar refractivity (Wildman–Crippen MR) is 67.3 cm³/mol. The summed E-state index contributed by atoms with van der Waals surface area (Å²) in [4.78, 5) is 43.3. The largest absolute Gasteiger partial charge is 0.481 e. The first kappa shape index (κ1) is 16.9. The third-order valence-electron chi connectivity index (χ3n) is 3.17. The van der Waals surface area contributed by atoms with Gasteiger partial charge >= 0.3 is 23.9 Å². The highest BCUT2D eigenvalue weighted by Gasteiger charge is 2.30. The van der Waals surface area contributed by atoms with Crippen molar-refractivity contribution in [3.8, 4) is 0 Å². The highest BCUT2D eigenvalue weighted by atomic mass is 16.6. The molecule has 2 unspecified atom stereocenters. The first-order valence-corrected chi connectivity index (χ1v) is 6.67. The smallest absolute Gasteiger partial charge is 0.317 e. The van der Waals surface area contributed by atoms with Gasteiger partial charge < -0.3 is 19.7 Å². The molecule has 0 radical (unpaired) electrons. The summed E-state index contributed by atoms with van der Waals surface area (Å²) in [5.74, 6) is -4.43. The molecule has 1 fully saturated rings. The molecule has 1 rings (SSSR count). The second-order valence-electron chi connectivity index (χ2n) is 4.90. The lowest BCUT2D eigenvalue weighted by Crippen LogP contribution is -2.34. The van der Waals surface area contributed by atoms with Gasteiger partial charge in [0.25, 0.3) is 0 Å². The van der Waals surface area contributed by atoms with E-state index < -0.39 is 42.8 Å². The Balaban J connectivity index is 2.45. The minimum absolute atomic E-state index is 0.0306. The summed E-state index contributed by atoms with van der Waals surface area (Å²) in [5, 5.41) is 17.0. The van der Waals surface area contributed by atoms with Gasteiger partial charge in [-0.2, -0.15) is 0 Å². The van der Waals surface area contributed by atoms with Crippen LogP contribution in [-0.2, 0) is 28.7 Å². The van der Waals surface area contributed by atoms with Gasteiger partial charge in [-0.25, -0.2) is 0 Å². The van der Waals surface area contributed by atoms with Gasteiger partial charge in [0.15, 0.2) is 0 Å². The molecule has 0 aliphatic heterocycles. The quantitative estimate of drug-likeness (QED) is 0.516. The van der Waals surface area contributed by atoms with Crippen molar-refractivity contribution in [2.45, 2.75) is 44.6 Å². The second-order valence-corrected chi connectivity index (χ2v) is 4.90. The van der Waals surface area contributed by atoms with Crippen LogP contribution >= 0.6 is 0 Å². The number of hydrogen-bond donors (Lipinski definition) is 2. The van der Waals surface area contributed by atoms with Gasteiger partial charge in [-0.05, 0) is 19.3 Å². The van der Waals surface area contributed by atoms with Crippen molar-refractivity contribution < 1.29 is 38.9 Å². The number of carbonyl (C=O) groups is 4. The van der Waals surface area contributed by atoms with Crippen LogP contribution in [0.3, 0.4) is 0 Å². The minimum Gasteiger partial charge on any atom is -0.481 e. The molecule has 8 nitrogen and oxygen atoms in total. The third kappa shape index (κ3) is 6.73. The molecule has 0 aromatic rings. The van der Waals surface area contributed by atoms with E-state index in [9.17, 15) is 19.2 Å². The molecular weight excluding hydrogens is 284 g/mol. The Labute approximate surface area is 121 Å². The van der Waals surface area contributed by atoms with Crippen molar-refractivity contribution in [2.24, 2.45) is 5.92 Å². The minimum atomic E-state index is -1.27. The normalized spacial score (nSPS) is 21.3. The molecule has 2 N–H and O–H groups in total. The molecule has 0 amide bonds. The van der Waals surface area contributed by atoms with Gasteiger partial charge in [-0.15, -0.1) is 0 Å². The van der Waals surface area contributed by atoms with Crippen LogP contribution < -0.4 is 0 Å². The van der Waals surface area contributed by atoms with E-state index in [-0.39, 0.29) is 12.5 Å². The predicted octanol–water partition coefficient (Wildman–Crippen LogP) is 0.581. The average molecular weight is 302 g/mol. The lowest BCUT2D eigenvalue weighted by atomic mass is 9.87. The molecule has 0 bridgehead atoms. The fourth-order valence-electron chi connectivity index (χ4n) is 2.23. The number of carboxylic acids is 2. The van der Waals surface area contributed by atoms with Crippen molar-refractivity contribution in [3.05, 3.63) is 0 Å². The summed E-state index contributed by atoms with van der Waals surface area (Å²) < 4.78 is 9.96. The third-order valence-corrected chi connectivity index (χ3v) is 3.17. The second kappa shape index (κ2) is 8.23. The summed E-state index contributed by atoms with van der Waals surface area (Å²) in [6.45, 7) is -0.0306. The maximum absolute atomic E-state index is 11.4. The zero-order valence-electron chi connectivity index (χ0n) is 11.4. The van der Waals surface area contributed by atoms with Gasteiger partial charge in [0.05, 0.1) is 6.61 Å². The zero-order chi connectivity index (χ0) is 15.8. The van der Waals surface area contributed by atoms with E-state index in [0.717, 1.165) is 12.8 Å². The summed E-state index contributed by atoms with van der Waals surface area (Å²) in [6, 6.07) is 0. The molecule has 1 aliphatic rings. The van der Waals surface area contributed by atoms with Crippen LogP contribution in [0.5, 0.6) is 0 Å². The van der Waals surface area contributed by atoms with Crippen LogP contribution in [0, 0.1) is 5.92 Å². The number of aliphatic carboxylic acids is 2. The monoisotopic (exact) mass is 302 g/mol. The van der Waals surface area contributed by atoms with Crippen LogP contribution in [0.2, 0.25) is 0 Å². The summed E-state index contributed by atoms with van der Waals surface area (Å²) >= 11 is 0. The van der Waals surface area contributed by atoms with Crippen molar-refractivity contribution in [3.63, 3.8) is 0 Å². The standard InChI is InChI=1S/C13H18O8/c14-10(15)5-12(18)20-7-8-3-1-2-4-9(8)21-13(19)6-11(16)17/h8-9H,1-7H2,(H,14,15)(H,16,17). The Hall–Kier alpha value is -2.12. The lowest BCUT2D eigenvalue weighted by molar-refractivity contribution is -0.161. The van der Waals surface area contributed by atoms with Crippen molar-refractivity contribution in [1.29, 1.82) is 0 Å². The van der Waals surface area contributed by atoms with Crippen LogP contribution in [0.15, 0.2) is 0 Å². The van der Waals surface area contributed by atoms with Gasteiger partial charge in [0.2, 0.25) is 0 Å². The van der Waals surface area contributed by atoms with E-state index in [0.29, 0.717) is 12.8 Å². The summed E-state index contributed by atoms with van der Waals surface area (Å²) in [6.07, 6.45) is 1.05. The highest BCUT2D eigenvalue weighted by Crippen LogP contribution is 2.27. The van der Waals surface area contributed by atoms with Crippen LogP contribution in [0.1, 0.15) is 38.5 Å². The van der Waals surface area contributed by atoms with Gasteiger partial charge in [0.1, 0.15) is 18.9 Å². The molecule has 1 aliphatic carbocycles. The highest BCUT2D eigenvalue weighted by molar-refractivity contribution is 5.90. The van der Waals surface area contributed by atoms with Crippen molar-refractivity contribution >= 4 is 23.9 Å². The van der Waals surface area contributed by atoms with E-state index in [2.05, 4.69) is 0 Å². The summed E-state index contributed by atoms with van der Waals surface area (Å²) in [7, 11) is 0. The van der Waals surface area contributed by atoms with Crippen LogP contribution in [0.25, 0.3) is 0 Å². The molecule has 8 heteroatoms. The zero-order valence-corrected chi connectivity index (χ0v) is 11.4. The number of ether oxygens (including phenoxy) is 2. The number of hydrogen-bond acceptors (Lipinski definition) is 6. The Kier molecular flexibility index (Phi) is 6.64. The molecule has 2 atom stereocenters. The topological polar surface area (TPSA) is 127 Å². The van der Waals surface area contributed by atoms with Crippen molar-refractivity contribution in [2.75, 3.05) is 6.61 Å². The fraction of sp³-hybridized carbons (Fsp3) is 0.692. The average Bonchev–Trinajstić information content (AvgIpc) is 2.35. The van der Waals surface area contributed by atoms with E-state index >= 15 is 0 Å². The maximum atomic E-state index is 11.4. The van der Waals surface area contributed by atoms with E-state index in [1.54, 1.807) is 0 Å². The Morgan fingerprint density at radius 1 is 0.905 bits per heavy atom. The van der Waals surface area contributed by atoms with Gasteiger partial charge in [0, 0.05) is 5.92 Å². The van der Waals surface area contributed by atoms with Crippen molar-refractivity contribution in [1.82, 2.24) is 0 Å². The first-order valence-electron chi connectivity index (χ1n) is 6.67. The van der Waals surface area contributed by atoms with Gasteiger partial charge in [-0.1, -0.05) is 6.42 Å². The molecule has 118 valence electrons. The van der Waals surface area contributed by atoms with E-state index in [1.165, 1.54) is 0 Å². The number of esters is 2.